The van der Waals surface area contributed by atoms with Crippen LogP contribution in [-0.2, 0) is 0 Å². The minimum absolute atomic E-state index is 0.194. The molecule has 1 heterocycles. The number of hydrogen-bond donors (Lipinski definition) is 1. The molecule has 4 heteroatoms. The molecule has 0 atom stereocenters. The van der Waals surface area contributed by atoms with Crippen LogP contribution in [0.2, 0.25) is 0 Å². The topological polar surface area (TPSA) is 42.2 Å². The average Bonchev–Trinajstić information content (AvgIpc) is 2.68. The molecule has 0 unspecified atom stereocenters. The Kier molecular flexibility index (Phi) is 2.97. The van der Waals surface area contributed by atoms with Crippen LogP contribution >= 0.6 is 15.9 Å². The van der Waals surface area contributed by atoms with Crippen LogP contribution in [0.5, 0.6) is 0 Å². The summed E-state index contributed by atoms with van der Waals surface area (Å²) in [5.41, 5.74) is 0.675. The fourth-order valence-corrected chi connectivity index (χ4v) is 1.72. The van der Waals surface area contributed by atoms with Gasteiger partial charge in [0.15, 0.2) is 5.76 Å². The Bertz CT molecular complexity index is 580. The second-order valence-electron chi connectivity index (χ2n) is 3.18. The molecular weight excluding hydrogens is 270 g/mol. The van der Waals surface area contributed by atoms with Crippen molar-refractivity contribution in [2.75, 3.05) is 6.54 Å². The van der Waals surface area contributed by atoms with Crippen LogP contribution in [-0.4, -0.2) is 12.5 Å². The van der Waals surface area contributed by atoms with Crippen molar-refractivity contribution in [1.82, 2.24) is 5.32 Å². The molecule has 1 amide bonds. The Hall–Kier alpha value is -1.73. The Balaban J connectivity index is 2.33. The van der Waals surface area contributed by atoms with Gasteiger partial charge in [0, 0.05) is 9.86 Å². The number of fused-ring (bicyclic) bond motifs is 1. The number of carbonyl (C=O) groups is 1. The first-order chi connectivity index (χ1) is 7.70. The largest absolute Gasteiger partial charge is 0.451 e. The highest BCUT2D eigenvalue weighted by Gasteiger charge is 2.11. The Morgan fingerprint density at radius 1 is 1.50 bits per heavy atom. The van der Waals surface area contributed by atoms with E-state index >= 15 is 0 Å². The van der Waals surface area contributed by atoms with E-state index in [1.54, 1.807) is 12.1 Å². The van der Waals surface area contributed by atoms with E-state index < -0.39 is 0 Å². The predicted molar refractivity (Wildman–Crippen MR) is 65.1 cm³/mol. The molecule has 0 spiro atoms. The number of benzene rings is 1. The van der Waals surface area contributed by atoms with E-state index in [1.807, 2.05) is 12.1 Å². The quantitative estimate of drug-likeness (QED) is 0.858. The lowest BCUT2D eigenvalue weighted by molar-refractivity contribution is 0.0933. The molecule has 0 aliphatic rings. The van der Waals surface area contributed by atoms with Crippen LogP contribution < -0.4 is 5.32 Å². The van der Waals surface area contributed by atoms with E-state index in [9.17, 15) is 4.79 Å². The number of halogens is 1. The molecule has 0 saturated carbocycles. The number of amides is 1. The maximum absolute atomic E-state index is 11.5. The Morgan fingerprint density at radius 2 is 2.31 bits per heavy atom. The molecule has 0 bridgehead atoms. The van der Waals surface area contributed by atoms with Gasteiger partial charge < -0.3 is 9.73 Å². The summed E-state index contributed by atoms with van der Waals surface area (Å²) in [5, 5.41) is 3.42. The van der Waals surface area contributed by atoms with Gasteiger partial charge in [-0.05, 0) is 24.3 Å². The first-order valence-corrected chi connectivity index (χ1v) is 5.41. The molecular formula is C12H8BrNO2. The lowest BCUT2D eigenvalue weighted by atomic mass is 10.2. The fourth-order valence-electron chi connectivity index (χ4n) is 1.34. The number of terminal acetylenes is 1. The van der Waals surface area contributed by atoms with Gasteiger partial charge in [-0.15, -0.1) is 6.42 Å². The zero-order valence-corrected chi connectivity index (χ0v) is 9.87. The third-order valence-corrected chi connectivity index (χ3v) is 2.55. The van der Waals surface area contributed by atoms with E-state index in [2.05, 4.69) is 27.2 Å². The van der Waals surface area contributed by atoms with E-state index in [0.29, 0.717) is 5.58 Å². The molecule has 0 fully saturated rings. The molecule has 0 aliphatic carbocycles. The smallest absolute Gasteiger partial charge is 0.287 e. The minimum Gasteiger partial charge on any atom is -0.451 e. The number of nitrogens with one attached hydrogen (secondary N) is 1. The maximum atomic E-state index is 11.5. The summed E-state index contributed by atoms with van der Waals surface area (Å²) < 4.78 is 6.32. The molecule has 1 aromatic carbocycles. The molecule has 0 radical (unpaired) electrons. The Labute approximate surface area is 101 Å². The maximum Gasteiger partial charge on any atom is 0.287 e. The molecule has 1 aromatic heterocycles. The van der Waals surface area contributed by atoms with Crippen molar-refractivity contribution in [3.63, 3.8) is 0 Å². The SMILES string of the molecule is C#CCNC(=O)c1cc2cc(Br)ccc2o1. The van der Waals surface area contributed by atoms with E-state index in [4.69, 9.17) is 10.8 Å². The zero-order valence-electron chi connectivity index (χ0n) is 8.29. The van der Waals surface area contributed by atoms with Gasteiger partial charge >= 0.3 is 0 Å². The van der Waals surface area contributed by atoms with Crippen LogP contribution in [0.15, 0.2) is 33.2 Å². The summed E-state index contributed by atoms with van der Waals surface area (Å²) in [6.45, 7) is 0.194. The van der Waals surface area contributed by atoms with Crippen molar-refractivity contribution >= 4 is 32.8 Å². The number of rotatable bonds is 2. The van der Waals surface area contributed by atoms with Crippen molar-refractivity contribution < 1.29 is 9.21 Å². The monoisotopic (exact) mass is 277 g/mol. The predicted octanol–water partition coefficient (Wildman–Crippen LogP) is 2.56. The molecule has 2 rings (SSSR count). The van der Waals surface area contributed by atoms with Crippen molar-refractivity contribution in [2.24, 2.45) is 0 Å². The lowest BCUT2D eigenvalue weighted by Crippen LogP contribution is -2.22. The lowest BCUT2D eigenvalue weighted by Gasteiger charge is -1.95. The zero-order chi connectivity index (χ0) is 11.5. The molecule has 0 saturated heterocycles. The normalized spacial score (nSPS) is 10.0. The Morgan fingerprint density at radius 3 is 3.06 bits per heavy atom. The van der Waals surface area contributed by atoms with Crippen LogP contribution in [0, 0.1) is 12.3 Å². The van der Waals surface area contributed by atoms with Gasteiger partial charge in [0.05, 0.1) is 6.54 Å². The van der Waals surface area contributed by atoms with Crippen molar-refractivity contribution in [3.8, 4) is 12.3 Å². The summed E-state index contributed by atoms with van der Waals surface area (Å²) in [6.07, 6.45) is 5.05. The number of carbonyl (C=O) groups excluding carboxylic acids is 1. The van der Waals surface area contributed by atoms with Crippen LogP contribution in [0.4, 0.5) is 0 Å². The average molecular weight is 278 g/mol. The summed E-state index contributed by atoms with van der Waals surface area (Å²) in [6, 6.07) is 7.23. The first kappa shape index (κ1) is 10.8. The van der Waals surface area contributed by atoms with Crippen LogP contribution in [0.3, 0.4) is 0 Å². The summed E-state index contributed by atoms with van der Waals surface area (Å²) in [4.78, 5) is 11.5. The van der Waals surface area contributed by atoms with Crippen molar-refractivity contribution in [2.45, 2.75) is 0 Å². The van der Waals surface area contributed by atoms with Crippen molar-refractivity contribution in [1.29, 1.82) is 0 Å². The van der Waals surface area contributed by atoms with Gasteiger partial charge in [0.2, 0.25) is 0 Å². The van der Waals surface area contributed by atoms with Gasteiger partial charge in [-0.2, -0.15) is 0 Å². The third-order valence-electron chi connectivity index (χ3n) is 2.05. The van der Waals surface area contributed by atoms with Crippen LogP contribution in [0.1, 0.15) is 10.6 Å². The molecule has 1 N–H and O–H groups in total. The van der Waals surface area contributed by atoms with E-state index in [-0.39, 0.29) is 18.2 Å². The van der Waals surface area contributed by atoms with Gasteiger partial charge in [-0.1, -0.05) is 21.9 Å². The van der Waals surface area contributed by atoms with Gasteiger partial charge in [0.1, 0.15) is 5.58 Å². The summed E-state index contributed by atoms with van der Waals surface area (Å²) in [7, 11) is 0. The second-order valence-corrected chi connectivity index (χ2v) is 4.10. The molecule has 16 heavy (non-hydrogen) atoms. The van der Waals surface area contributed by atoms with Crippen LogP contribution in [0.25, 0.3) is 11.0 Å². The van der Waals surface area contributed by atoms with Crippen molar-refractivity contribution in [3.05, 3.63) is 34.5 Å². The molecule has 3 nitrogen and oxygen atoms in total. The third kappa shape index (κ3) is 2.10. The van der Waals surface area contributed by atoms with E-state index in [1.165, 1.54) is 0 Å². The number of furan rings is 1. The number of hydrogen-bond acceptors (Lipinski definition) is 2. The molecule has 80 valence electrons. The van der Waals surface area contributed by atoms with E-state index in [0.717, 1.165) is 9.86 Å². The summed E-state index contributed by atoms with van der Waals surface area (Å²) in [5.74, 6) is 2.30. The highest BCUT2D eigenvalue weighted by atomic mass is 79.9. The van der Waals surface area contributed by atoms with Gasteiger partial charge in [-0.3, -0.25) is 4.79 Å². The highest BCUT2D eigenvalue weighted by Crippen LogP contribution is 2.23. The fraction of sp³-hybridized carbons (Fsp3) is 0.0833. The first-order valence-electron chi connectivity index (χ1n) is 4.61. The molecule has 2 aromatic rings. The standard InChI is InChI=1S/C12H8BrNO2/c1-2-5-14-12(15)11-7-8-6-9(13)3-4-10(8)16-11/h1,3-4,6-7H,5H2,(H,14,15). The van der Waals surface area contributed by atoms with Gasteiger partial charge in [0.25, 0.3) is 5.91 Å². The van der Waals surface area contributed by atoms with Gasteiger partial charge in [-0.25, -0.2) is 0 Å². The highest BCUT2D eigenvalue weighted by molar-refractivity contribution is 9.10. The second kappa shape index (κ2) is 4.42. The summed E-state index contributed by atoms with van der Waals surface area (Å²) >= 11 is 3.35. The molecule has 0 aliphatic heterocycles. The minimum atomic E-state index is -0.301.